The number of guanidine groups is 1. The molecule has 1 aliphatic carbocycles. The average molecular weight is 535 g/mol. The van der Waals surface area contributed by atoms with E-state index in [1.807, 2.05) is 19.1 Å². The minimum atomic E-state index is -3.39. The Hall–Kier alpha value is -0.910. The van der Waals surface area contributed by atoms with Crippen LogP contribution in [0.3, 0.4) is 0 Å². The van der Waals surface area contributed by atoms with Gasteiger partial charge in [0.15, 0.2) is 5.96 Å². The summed E-state index contributed by atoms with van der Waals surface area (Å²) in [6.07, 6.45) is 5.82. The van der Waals surface area contributed by atoms with Gasteiger partial charge in [-0.2, -0.15) is 0 Å². The summed E-state index contributed by atoms with van der Waals surface area (Å²) < 4.78 is 27.2. The lowest BCUT2D eigenvalue weighted by molar-refractivity contribution is 0.232. The van der Waals surface area contributed by atoms with E-state index in [2.05, 4.69) is 25.2 Å². The molecule has 3 N–H and O–H groups in total. The number of nitrogens with one attached hydrogen (secondary N) is 3. The number of rotatable bonds is 9. The topological polar surface area (TPSA) is 85.8 Å². The Morgan fingerprint density at radius 2 is 1.79 bits per heavy atom. The highest BCUT2D eigenvalue weighted by Gasteiger charge is 2.27. The van der Waals surface area contributed by atoms with Crippen LogP contribution in [0.2, 0.25) is 0 Å². The fourth-order valence-electron chi connectivity index (χ4n) is 3.29. The fourth-order valence-corrected chi connectivity index (χ4v) is 4.60. The predicted octanol–water partition coefficient (Wildman–Crippen LogP) is 2.29. The van der Waals surface area contributed by atoms with Crippen molar-refractivity contribution in [3.8, 4) is 0 Å². The molecule has 0 amide bonds. The van der Waals surface area contributed by atoms with E-state index in [4.69, 9.17) is 0 Å². The molecule has 0 bridgehead atoms. The molecule has 0 unspecified atom stereocenters. The number of piperidine rings is 1. The maximum Gasteiger partial charge on any atom is 0.240 e. The number of benzene rings is 1. The number of hydrogen-bond donors (Lipinski definition) is 3. The van der Waals surface area contributed by atoms with E-state index in [-0.39, 0.29) is 30.0 Å². The van der Waals surface area contributed by atoms with Crippen molar-refractivity contribution in [2.45, 2.75) is 56.5 Å². The first-order valence-electron chi connectivity index (χ1n) is 10.4. The molecule has 0 aromatic heterocycles. The third-order valence-electron chi connectivity index (χ3n) is 5.07. The molecule has 9 heteroatoms. The molecule has 1 aromatic carbocycles. The van der Waals surface area contributed by atoms with E-state index < -0.39 is 10.0 Å². The van der Waals surface area contributed by atoms with E-state index in [0.29, 0.717) is 11.4 Å². The van der Waals surface area contributed by atoms with Crippen molar-refractivity contribution < 1.29 is 8.42 Å². The number of hydrogen-bond acceptors (Lipinski definition) is 4. The zero-order chi connectivity index (χ0) is 19.8. The third kappa shape index (κ3) is 8.39. The maximum absolute atomic E-state index is 12.2. The minimum Gasteiger partial charge on any atom is -0.357 e. The van der Waals surface area contributed by atoms with Gasteiger partial charge >= 0.3 is 0 Å². The maximum atomic E-state index is 12.2. The van der Waals surface area contributed by atoms with Crippen LogP contribution in [0.4, 0.5) is 0 Å². The van der Waals surface area contributed by atoms with Crippen LogP contribution >= 0.6 is 24.0 Å². The minimum absolute atomic E-state index is 0. The van der Waals surface area contributed by atoms with Crippen molar-refractivity contribution in [1.82, 2.24) is 20.3 Å². The molecule has 3 rings (SSSR count). The number of sulfonamides is 1. The molecular weight excluding hydrogens is 501 g/mol. The molecular formula is C20H34IN5O2S. The van der Waals surface area contributed by atoms with Gasteiger partial charge in [-0.3, -0.25) is 0 Å². The zero-order valence-electron chi connectivity index (χ0n) is 17.2. The Balaban J connectivity index is 0.00000300. The van der Waals surface area contributed by atoms with Gasteiger partial charge in [-0.15, -0.1) is 24.0 Å². The highest BCUT2D eigenvalue weighted by Crippen LogP contribution is 2.22. The molecule has 0 atom stereocenters. The summed E-state index contributed by atoms with van der Waals surface area (Å²) >= 11 is 0. The van der Waals surface area contributed by atoms with Gasteiger partial charge in [0.05, 0.1) is 11.4 Å². The summed E-state index contributed by atoms with van der Waals surface area (Å²) in [7, 11) is -3.39. The number of nitrogens with zero attached hydrogens (tertiary/aromatic N) is 2. The van der Waals surface area contributed by atoms with Gasteiger partial charge in [0.2, 0.25) is 10.0 Å². The molecule has 0 spiro atoms. The summed E-state index contributed by atoms with van der Waals surface area (Å²) in [6.45, 7) is 7.66. The van der Waals surface area contributed by atoms with Crippen LogP contribution in [-0.2, 0) is 16.6 Å². The van der Waals surface area contributed by atoms with Crippen LogP contribution in [0.15, 0.2) is 34.2 Å². The quantitative estimate of drug-likeness (QED) is 0.257. The molecule has 29 heavy (non-hydrogen) atoms. The smallest absolute Gasteiger partial charge is 0.240 e. The first-order chi connectivity index (χ1) is 13.6. The Morgan fingerprint density at radius 1 is 1.10 bits per heavy atom. The summed E-state index contributed by atoms with van der Waals surface area (Å²) in [5, 5.41) is 6.66. The largest absolute Gasteiger partial charge is 0.357 e. The first-order valence-corrected chi connectivity index (χ1v) is 11.9. The highest BCUT2D eigenvalue weighted by atomic mass is 127. The second-order valence-electron chi connectivity index (χ2n) is 7.56. The number of aliphatic imine (C=N–C) groups is 1. The molecule has 1 heterocycles. The normalized spacial score (nSPS) is 18.2. The van der Waals surface area contributed by atoms with Gasteiger partial charge < -0.3 is 15.5 Å². The Kier molecular flexibility index (Phi) is 10.1. The van der Waals surface area contributed by atoms with E-state index in [1.54, 1.807) is 12.1 Å². The number of likely N-dealkylation sites (tertiary alicyclic amines) is 1. The van der Waals surface area contributed by atoms with E-state index >= 15 is 0 Å². The molecule has 1 saturated heterocycles. The van der Waals surface area contributed by atoms with Crippen LogP contribution in [-0.4, -0.2) is 58.0 Å². The third-order valence-corrected chi connectivity index (χ3v) is 6.60. The van der Waals surface area contributed by atoms with Crippen LogP contribution in [0, 0.1) is 0 Å². The van der Waals surface area contributed by atoms with Crippen LogP contribution < -0.4 is 15.4 Å². The van der Waals surface area contributed by atoms with Gasteiger partial charge in [-0.25, -0.2) is 18.1 Å². The molecule has 2 aliphatic rings. The monoisotopic (exact) mass is 535 g/mol. The molecule has 164 valence electrons. The summed E-state index contributed by atoms with van der Waals surface area (Å²) in [5.41, 5.74) is 0.985. The molecule has 1 aliphatic heterocycles. The number of halogens is 1. The van der Waals surface area contributed by atoms with E-state index in [9.17, 15) is 8.42 Å². The molecule has 7 nitrogen and oxygen atoms in total. The van der Waals surface area contributed by atoms with Crippen molar-refractivity contribution in [2.24, 2.45) is 4.99 Å². The first kappa shape index (κ1) is 24.4. The SMILES string of the molecule is CCNC(=NCc1ccc(S(=O)(=O)NC2CC2)cc1)NCCN1CCCCC1.I. The zero-order valence-corrected chi connectivity index (χ0v) is 20.3. The van der Waals surface area contributed by atoms with Crippen molar-refractivity contribution in [3.05, 3.63) is 29.8 Å². The summed E-state index contributed by atoms with van der Waals surface area (Å²) in [4.78, 5) is 7.44. The highest BCUT2D eigenvalue weighted by molar-refractivity contribution is 14.0. The standard InChI is InChI=1S/C20H33N5O2S.HI/c1-2-21-20(22-12-15-25-13-4-3-5-14-25)23-16-17-6-10-19(11-7-17)28(26,27)24-18-8-9-18;/h6-7,10-11,18,24H,2-5,8-9,12-16H2,1H3,(H2,21,22,23);1H. The van der Waals surface area contributed by atoms with Crippen molar-refractivity contribution in [2.75, 3.05) is 32.7 Å². The van der Waals surface area contributed by atoms with Gasteiger partial charge in [0.1, 0.15) is 0 Å². The second-order valence-corrected chi connectivity index (χ2v) is 9.28. The van der Waals surface area contributed by atoms with Crippen molar-refractivity contribution in [1.29, 1.82) is 0 Å². The van der Waals surface area contributed by atoms with E-state index in [0.717, 1.165) is 44.0 Å². The van der Waals surface area contributed by atoms with Gasteiger partial charge in [0.25, 0.3) is 0 Å². The lowest BCUT2D eigenvalue weighted by Gasteiger charge is -2.26. The molecule has 2 fully saturated rings. The Bertz CT molecular complexity index is 745. The Labute approximate surface area is 192 Å². The summed E-state index contributed by atoms with van der Waals surface area (Å²) in [5.74, 6) is 0.798. The Morgan fingerprint density at radius 3 is 2.41 bits per heavy atom. The molecule has 1 aromatic rings. The fraction of sp³-hybridized carbons (Fsp3) is 0.650. The molecule has 1 saturated carbocycles. The van der Waals surface area contributed by atoms with Crippen LogP contribution in [0.25, 0.3) is 0 Å². The second kappa shape index (κ2) is 12.1. The van der Waals surface area contributed by atoms with Gasteiger partial charge in [-0.1, -0.05) is 18.6 Å². The predicted molar refractivity (Wildman–Crippen MR) is 128 cm³/mol. The molecule has 0 radical (unpaired) electrons. The lowest BCUT2D eigenvalue weighted by atomic mass is 10.1. The summed E-state index contributed by atoms with van der Waals surface area (Å²) in [6, 6.07) is 7.11. The lowest BCUT2D eigenvalue weighted by Crippen LogP contribution is -2.42. The van der Waals surface area contributed by atoms with Gasteiger partial charge in [-0.05, 0) is 63.4 Å². The van der Waals surface area contributed by atoms with E-state index in [1.165, 1.54) is 32.4 Å². The average Bonchev–Trinajstić information content (AvgIpc) is 3.50. The van der Waals surface area contributed by atoms with Crippen LogP contribution in [0.1, 0.15) is 44.6 Å². The van der Waals surface area contributed by atoms with Crippen LogP contribution in [0.5, 0.6) is 0 Å². The van der Waals surface area contributed by atoms with Crippen molar-refractivity contribution in [3.63, 3.8) is 0 Å². The van der Waals surface area contributed by atoms with Gasteiger partial charge in [0, 0.05) is 25.7 Å². The van der Waals surface area contributed by atoms with Crippen molar-refractivity contribution >= 4 is 40.0 Å².